The Morgan fingerprint density at radius 2 is 1.60 bits per heavy atom. The van der Waals surface area contributed by atoms with Crippen LogP contribution in [0.15, 0.2) is 54.6 Å². The van der Waals surface area contributed by atoms with Crippen LogP contribution in [0.5, 0.6) is 0 Å². The van der Waals surface area contributed by atoms with Gasteiger partial charge in [0.1, 0.15) is 5.60 Å². The number of hydrogen-bond acceptors (Lipinski definition) is 5. The van der Waals surface area contributed by atoms with Gasteiger partial charge in [-0.3, -0.25) is 0 Å². The first-order valence-corrected chi connectivity index (χ1v) is 10.2. The molecule has 0 aliphatic rings. The maximum atomic E-state index is 12.2. The third-order valence-electron chi connectivity index (χ3n) is 4.33. The van der Waals surface area contributed by atoms with Gasteiger partial charge in [-0.1, -0.05) is 54.6 Å². The number of carbonyl (C=O) groups excluding carboxylic acids is 2. The number of carbonyl (C=O) groups is 2. The number of aliphatic hydroxyl groups excluding tert-OH is 1. The highest BCUT2D eigenvalue weighted by Crippen LogP contribution is 2.20. The van der Waals surface area contributed by atoms with Crippen LogP contribution in [-0.4, -0.2) is 41.5 Å². The molecule has 6 heteroatoms. The lowest BCUT2D eigenvalue weighted by molar-refractivity contribution is -0.153. The van der Waals surface area contributed by atoms with E-state index in [0.29, 0.717) is 6.42 Å². The molecule has 2 N–H and O–H groups in total. The first kappa shape index (κ1) is 23.4. The second-order valence-corrected chi connectivity index (χ2v) is 8.11. The van der Waals surface area contributed by atoms with Crippen LogP contribution in [-0.2, 0) is 20.7 Å². The first-order valence-electron chi connectivity index (χ1n) is 10.2. The average Bonchev–Trinajstić information content (AvgIpc) is 2.68. The van der Waals surface area contributed by atoms with E-state index >= 15 is 0 Å². The van der Waals surface area contributed by atoms with Crippen molar-refractivity contribution >= 4 is 12.1 Å². The van der Waals surface area contributed by atoms with Gasteiger partial charge in [0.05, 0.1) is 6.61 Å². The van der Waals surface area contributed by atoms with Crippen LogP contribution in [0, 0.1) is 0 Å². The minimum absolute atomic E-state index is 0.0263. The lowest BCUT2D eigenvalue weighted by Crippen LogP contribution is -2.43. The van der Waals surface area contributed by atoms with Crippen molar-refractivity contribution in [2.75, 3.05) is 6.61 Å². The van der Waals surface area contributed by atoms with E-state index in [0.717, 1.165) is 16.7 Å². The Labute approximate surface area is 178 Å². The molecule has 0 bridgehead atoms. The number of aliphatic hydroxyl groups is 1. The van der Waals surface area contributed by atoms with Crippen molar-refractivity contribution in [3.05, 3.63) is 60.2 Å². The Hall–Kier alpha value is -2.86. The summed E-state index contributed by atoms with van der Waals surface area (Å²) in [6.45, 7) is 7.18. The maximum absolute atomic E-state index is 12.2. The third-order valence-corrected chi connectivity index (χ3v) is 4.33. The normalized spacial score (nSPS) is 13.2. The molecule has 0 heterocycles. The van der Waals surface area contributed by atoms with Gasteiger partial charge in [-0.15, -0.1) is 0 Å². The molecule has 6 nitrogen and oxygen atoms in total. The van der Waals surface area contributed by atoms with Crippen LogP contribution in [0.2, 0.25) is 0 Å². The summed E-state index contributed by atoms with van der Waals surface area (Å²) in [6.07, 6.45) is -1.46. The van der Waals surface area contributed by atoms with Gasteiger partial charge in [0.25, 0.3) is 0 Å². The predicted octanol–water partition coefficient (Wildman–Crippen LogP) is 4.10. The molecule has 0 radical (unpaired) electrons. The molecule has 162 valence electrons. The summed E-state index contributed by atoms with van der Waals surface area (Å²) in [5.74, 6) is -0.701. The molecule has 1 amide bonds. The molecule has 0 spiro atoms. The van der Waals surface area contributed by atoms with Gasteiger partial charge < -0.3 is 19.9 Å². The zero-order valence-corrected chi connectivity index (χ0v) is 18.1. The Bertz CT molecular complexity index is 812. The molecule has 1 unspecified atom stereocenters. The number of amides is 1. The monoisotopic (exact) mass is 413 g/mol. The van der Waals surface area contributed by atoms with E-state index in [-0.39, 0.29) is 13.0 Å². The zero-order chi connectivity index (χ0) is 22.1. The molecule has 0 aliphatic carbocycles. The van der Waals surface area contributed by atoms with Crippen molar-refractivity contribution in [3.63, 3.8) is 0 Å². The van der Waals surface area contributed by atoms with E-state index in [2.05, 4.69) is 5.32 Å². The van der Waals surface area contributed by atoms with E-state index in [1.807, 2.05) is 54.6 Å². The van der Waals surface area contributed by atoms with Crippen molar-refractivity contribution in [2.45, 2.75) is 58.3 Å². The fourth-order valence-corrected chi connectivity index (χ4v) is 3.02. The molecule has 0 aromatic heterocycles. The Balaban J connectivity index is 2.10. The highest BCUT2D eigenvalue weighted by Gasteiger charge is 2.25. The highest BCUT2D eigenvalue weighted by atomic mass is 16.6. The molecule has 0 saturated heterocycles. The number of esters is 1. The number of ether oxygens (including phenoxy) is 2. The molecule has 0 saturated carbocycles. The summed E-state index contributed by atoms with van der Waals surface area (Å²) >= 11 is 0. The number of benzene rings is 2. The quantitative estimate of drug-likeness (QED) is 0.637. The van der Waals surface area contributed by atoms with Crippen LogP contribution in [0.3, 0.4) is 0 Å². The molecule has 2 atom stereocenters. The summed E-state index contributed by atoms with van der Waals surface area (Å²) in [4.78, 5) is 24.1. The minimum atomic E-state index is -1.33. The summed E-state index contributed by atoms with van der Waals surface area (Å²) in [5.41, 5.74) is 2.52. The molecular weight excluding hydrogens is 382 g/mol. The third kappa shape index (κ3) is 7.87. The van der Waals surface area contributed by atoms with Crippen LogP contribution < -0.4 is 5.32 Å². The van der Waals surface area contributed by atoms with E-state index < -0.39 is 29.8 Å². The molecule has 2 rings (SSSR count). The molecule has 30 heavy (non-hydrogen) atoms. The second-order valence-electron chi connectivity index (χ2n) is 8.11. The molecule has 2 aromatic carbocycles. The smallest absolute Gasteiger partial charge is 0.407 e. The summed E-state index contributed by atoms with van der Waals surface area (Å²) in [7, 11) is 0. The zero-order valence-electron chi connectivity index (χ0n) is 18.1. The molecule has 0 aliphatic heterocycles. The van der Waals surface area contributed by atoms with Gasteiger partial charge in [-0.25, -0.2) is 9.59 Å². The summed E-state index contributed by atoms with van der Waals surface area (Å²) in [5, 5.41) is 12.9. The van der Waals surface area contributed by atoms with E-state index in [1.54, 1.807) is 27.7 Å². The Kier molecular flexibility index (Phi) is 8.42. The Morgan fingerprint density at radius 3 is 2.17 bits per heavy atom. The maximum Gasteiger partial charge on any atom is 0.407 e. The van der Waals surface area contributed by atoms with Crippen molar-refractivity contribution in [1.29, 1.82) is 0 Å². The van der Waals surface area contributed by atoms with Crippen LogP contribution >= 0.6 is 0 Å². The van der Waals surface area contributed by atoms with Crippen molar-refractivity contribution in [2.24, 2.45) is 0 Å². The minimum Gasteiger partial charge on any atom is -0.464 e. The molecule has 2 aromatic rings. The number of alkyl carbamates (subject to hydrolysis) is 1. The average molecular weight is 414 g/mol. The van der Waals surface area contributed by atoms with Gasteiger partial charge in [0, 0.05) is 12.5 Å². The fraction of sp³-hybridized carbons (Fsp3) is 0.417. The Morgan fingerprint density at radius 1 is 1.00 bits per heavy atom. The fourth-order valence-electron chi connectivity index (χ4n) is 3.02. The second kappa shape index (κ2) is 10.8. The van der Waals surface area contributed by atoms with Gasteiger partial charge in [-0.2, -0.15) is 0 Å². The van der Waals surface area contributed by atoms with Gasteiger partial charge in [-0.05, 0) is 50.8 Å². The van der Waals surface area contributed by atoms with Crippen LogP contribution in [0.25, 0.3) is 11.1 Å². The largest absolute Gasteiger partial charge is 0.464 e. The van der Waals surface area contributed by atoms with E-state index in [9.17, 15) is 14.7 Å². The SMILES string of the molecule is CCOC(=O)C(O)C[C@@H](Cc1ccc(-c2ccccc2)cc1)NC(=O)OC(C)(C)C. The van der Waals surface area contributed by atoms with E-state index in [4.69, 9.17) is 9.47 Å². The van der Waals surface area contributed by atoms with Crippen LogP contribution in [0.1, 0.15) is 39.7 Å². The lowest BCUT2D eigenvalue weighted by atomic mass is 9.98. The summed E-state index contributed by atoms with van der Waals surface area (Å²) < 4.78 is 10.2. The highest BCUT2D eigenvalue weighted by molar-refractivity contribution is 5.74. The number of rotatable bonds is 8. The summed E-state index contributed by atoms with van der Waals surface area (Å²) in [6, 6.07) is 17.5. The van der Waals surface area contributed by atoms with Gasteiger partial charge >= 0.3 is 12.1 Å². The molecular formula is C24H31NO5. The van der Waals surface area contributed by atoms with Gasteiger partial charge in [0.15, 0.2) is 6.10 Å². The van der Waals surface area contributed by atoms with Crippen molar-refractivity contribution < 1.29 is 24.2 Å². The van der Waals surface area contributed by atoms with Crippen molar-refractivity contribution in [3.8, 4) is 11.1 Å². The van der Waals surface area contributed by atoms with Gasteiger partial charge in [0.2, 0.25) is 0 Å². The first-order chi connectivity index (χ1) is 14.2. The topological polar surface area (TPSA) is 84.9 Å². The van der Waals surface area contributed by atoms with E-state index in [1.165, 1.54) is 0 Å². The molecule has 0 fully saturated rings. The van der Waals surface area contributed by atoms with Crippen LogP contribution in [0.4, 0.5) is 4.79 Å². The predicted molar refractivity (Wildman–Crippen MR) is 116 cm³/mol. The lowest BCUT2D eigenvalue weighted by Gasteiger charge is -2.25. The van der Waals surface area contributed by atoms with Crippen molar-refractivity contribution in [1.82, 2.24) is 5.32 Å². The standard InChI is InChI=1S/C24H31NO5/c1-5-29-22(27)21(26)16-20(25-23(28)30-24(2,3)4)15-17-11-13-19(14-12-17)18-9-7-6-8-10-18/h6-14,20-21,26H,5,15-16H2,1-4H3,(H,25,28)/t20-,21?/m1/s1. The number of nitrogens with one attached hydrogen (secondary N) is 1. The number of hydrogen-bond donors (Lipinski definition) is 2.